The number of hydrogen-bond acceptors (Lipinski definition) is 2. The number of hydrogen-bond donors (Lipinski definition) is 0. The molecule has 0 aliphatic carbocycles. The lowest BCUT2D eigenvalue weighted by molar-refractivity contribution is 0.716. The third-order valence-electron chi connectivity index (χ3n) is 5.21. The molecule has 0 N–H and O–H groups in total. The van der Waals surface area contributed by atoms with Crippen molar-refractivity contribution in [2.45, 2.75) is 6.54 Å². The molecule has 5 rings (SSSR count). The Hall–Kier alpha value is -3.66. The molecule has 0 saturated carbocycles. The summed E-state index contributed by atoms with van der Waals surface area (Å²) in [5.74, 6) is 0. The largest absolute Gasteiger partial charge is 0.311 e. The maximum Gasteiger partial charge on any atom is 0.262 e. The number of para-hydroxylation sites is 1. The summed E-state index contributed by atoms with van der Waals surface area (Å²) >= 11 is 0. The Kier molecular flexibility index (Phi) is 3.83. The molecule has 28 heavy (non-hydrogen) atoms. The Morgan fingerprint density at radius 1 is 0.821 bits per heavy atom. The van der Waals surface area contributed by atoms with Crippen LogP contribution in [0.1, 0.15) is 5.56 Å². The summed E-state index contributed by atoms with van der Waals surface area (Å²) < 4.78 is 3.69. The summed E-state index contributed by atoms with van der Waals surface area (Å²) in [6.07, 6.45) is 0. The van der Waals surface area contributed by atoms with Gasteiger partial charge in [0.15, 0.2) is 0 Å². The number of nitrogens with zero attached hydrogens (tertiary/aromatic N) is 3. The first-order chi connectivity index (χ1) is 13.7. The minimum absolute atomic E-state index is 0.0214. The first-order valence-corrected chi connectivity index (χ1v) is 9.31. The molecule has 0 bridgehead atoms. The minimum atomic E-state index is -0.0214. The van der Waals surface area contributed by atoms with Crippen molar-refractivity contribution in [1.29, 1.82) is 0 Å². The van der Waals surface area contributed by atoms with Crippen molar-refractivity contribution >= 4 is 21.8 Å². The number of benzene rings is 3. The van der Waals surface area contributed by atoms with E-state index in [1.54, 1.807) is 4.57 Å². The van der Waals surface area contributed by atoms with Crippen molar-refractivity contribution in [2.24, 2.45) is 7.05 Å². The number of aromatic nitrogens is 3. The molecular weight excluding hydrogens is 346 g/mol. The second-order valence-corrected chi connectivity index (χ2v) is 6.96. The Morgan fingerprint density at radius 2 is 1.46 bits per heavy atom. The van der Waals surface area contributed by atoms with Gasteiger partial charge in [-0.1, -0.05) is 78.9 Å². The molecule has 0 fully saturated rings. The number of aryl methyl sites for hydroxylation is 1. The van der Waals surface area contributed by atoms with Gasteiger partial charge in [-0.05, 0) is 11.6 Å². The summed E-state index contributed by atoms with van der Waals surface area (Å²) in [5.41, 5.74) is 4.61. The highest BCUT2D eigenvalue weighted by molar-refractivity contribution is 6.08. The van der Waals surface area contributed by atoms with E-state index < -0.39 is 0 Å². The Bertz CT molecular complexity index is 1350. The van der Waals surface area contributed by atoms with Gasteiger partial charge in [-0.25, -0.2) is 0 Å². The van der Waals surface area contributed by atoms with E-state index in [-0.39, 0.29) is 5.56 Å². The molecule has 5 aromatic rings. The van der Waals surface area contributed by atoms with Gasteiger partial charge in [-0.2, -0.15) is 5.10 Å². The van der Waals surface area contributed by atoms with E-state index in [4.69, 9.17) is 5.10 Å². The van der Waals surface area contributed by atoms with Gasteiger partial charge >= 0.3 is 0 Å². The van der Waals surface area contributed by atoms with Gasteiger partial charge < -0.3 is 4.57 Å². The predicted molar refractivity (Wildman–Crippen MR) is 113 cm³/mol. The van der Waals surface area contributed by atoms with Gasteiger partial charge in [0.05, 0.1) is 23.0 Å². The molecule has 0 saturated heterocycles. The second kappa shape index (κ2) is 6.50. The van der Waals surface area contributed by atoms with Gasteiger partial charge in [0, 0.05) is 18.0 Å². The van der Waals surface area contributed by atoms with Crippen LogP contribution in [0.15, 0.2) is 89.7 Å². The molecule has 0 spiro atoms. The highest BCUT2D eigenvalue weighted by Crippen LogP contribution is 2.30. The van der Waals surface area contributed by atoms with Crippen molar-refractivity contribution in [2.75, 3.05) is 0 Å². The molecule has 0 amide bonds. The van der Waals surface area contributed by atoms with Crippen molar-refractivity contribution in [3.63, 3.8) is 0 Å². The standard InChI is InChI=1S/C24H19N3O/c1-26-20-15-9-8-14-19(20)23-21(24(26)28)22(18-12-6-3-7-13-18)25-27(23)16-17-10-4-2-5-11-17/h2-15H,16H2,1H3. The molecular formula is C24H19N3O. The van der Waals surface area contributed by atoms with Gasteiger partial charge in [0.25, 0.3) is 5.56 Å². The van der Waals surface area contributed by atoms with Crippen molar-refractivity contribution < 1.29 is 0 Å². The third kappa shape index (κ3) is 2.54. The lowest BCUT2D eigenvalue weighted by Gasteiger charge is -2.09. The predicted octanol–water partition coefficient (Wildman–Crippen LogP) is 4.60. The zero-order valence-electron chi connectivity index (χ0n) is 15.5. The smallest absolute Gasteiger partial charge is 0.262 e. The highest BCUT2D eigenvalue weighted by Gasteiger charge is 2.20. The molecule has 0 aliphatic rings. The van der Waals surface area contributed by atoms with Crippen LogP contribution in [-0.2, 0) is 13.6 Å². The van der Waals surface area contributed by atoms with Crippen LogP contribution < -0.4 is 5.56 Å². The minimum Gasteiger partial charge on any atom is -0.311 e. The summed E-state index contributed by atoms with van der Waals surface area (Å²) in [6, 6.07) is 28.2. The maximum atomic E-state index is 13.3. The van der Waals surface area contributed by atoms with Crippen molar-refractivity contribution in [3.05, 3.63) is 101 Å². The molecule has 2 heterocycles. The molecule has 4 heteroatoms. The van der Waals surface area contributed by atoms with E-state index in [0.717, 1.165) is 33.2 Å². The van der Waals surface area contributed by atoms with Crippen LogP contribution in [0.3, 0.4) is 0 Å². The monoisotopic (exact) mass is 365 g/mol. The molecule has 0 unspecified atom stereocenters. The number of rotatable bonds is 3. The topological polar surface area (TPSA) is 39.8 Å². The van der Waals surface area contributed by atoms with Gasteiger partial charge in [-0.3, -0.25) is 9.48 Å². The molecule has 3 aromatic carbocycles. The van der Waals surface area contributed by atoms with Crippen LogP contribution >= 0.6 is 0 Å². The third-order valence-corrected chi connectivity index (χ3v) is 5.21. The lowest BCUT2D eigenvalue weighted by Crippen LogP contribution is -2.17. The van der Waals surface area contributed by atoms with Gasteiger partial charge in [-0.15, -0.1) is 0 Å². The second-order valence-electron chi connectivity index (χ2n) is 6.96. The van der Waals surface area contributed by atoms with Gasteiger partial charge in [0.2, 0.25) is 0 Å². The van der Waals surface area contributed by atoms with E-state index in [1.807, 2.05) is 78.5 Å². The van der Waals surface area contributed by atoms with E-state index in [2.05, 4.69) is 18.2 Å². The molecule has 0 radical (unpaired) electrons. The van der Waals surface area contributed by atoms with E-state index in [9.17, 15) is 4.79 Å². The maximum absolute atomic E-state index is 13.3. The quantitative estimate of drug-likeness (QED) is 0.469. The van der Waals surface area contributed by atoms with Crippen LogP contribution in [0.5, 0.6) is 0 Å². The zero-order chi connectivity index (χ0) is 19.1. The fourth-order valence-corrected chi connectivity index (χ4v) is 3.85. The average Bonchev–Trinajstić information content (AvgIpc) is 3.13. The Balaban J connectivity index is 1.90. The van der Waals surface area contributed by atoms with Crippen LogP contribution in [0.4, 0.5) is 0 Å². The van der Waals surface area contributed by atoms with Crippen LogP contribution in [0.25, 0.3) is 33.1 Å². The van der Waals surface area contributed by atoms with Crippen molar-refractivity contribution in [3.8, 4) is 11.3 Å². The molecule has 4 nitrogen and oxygen atoms in total. The first-order valence-electron chi connectivity index (χ1n) is 9.31. The molecule has 0 atom stereocenters. The summed E-state index contributed by atoms with van der Waals surface area (Å²) in [6.45, 7) is 0.612. The summed E-state index contributed by atoms with van der Waals surface area (Å²) in [4.78, 5) is 13.3. The lowest BCUT2D eigenvalue weighted by atomic mass is 10.1. The number of pyridine rings is 1. The zero-order valence-corrected chi connectivity index (χ0v) is 15.5. The van der Waals surface area contributed by atoms with E-state index >= 15 is 0 Å². The Morgan fingerprint density at radius 3 is 2.21 bits per heavy atom. The normalized spacial score (nSPS) is 11.3. The van der Waals surface area contributed by atoms with E-state index in [1.165, 1.54) is 0 Å². The number of fused-ring (bicyclic) bond motifs is 3. The van der Waals surface area contributed by atoms with Crippen LogP contribution in [0, 0.1) is 0 Å². The van der Waals surface area contributed by atoms with Crippen LogP contribution in [-0.4, -0.2) is 14.3 Å². The molecule has 0 aliphatic heterocycles. The Labute approximate surface area is 162 Å². The molecule has 2 aromatic heterocycles. The van der Waals surface area contributed by atoms with Crippen molar-refractivity contribution in [1.82, 2.24) is 14.3 Å². The SMILES string of the molecule is Cn1c(=O)c2c(-c3ccccc3)nn(Cc3ccccc3)c2c2ccccc21. The van der Waals surface area contributed by atoms with E-state index in [0.29, 0.717) is 11.9 Å². The summed E-state index contributed by atoms with van der Waals surface area (Å²) in [7, 11) is 1.83. The fraction of sp³-hybridized carbons (Fsp3) is 0.0833. The first kappa shape index (κ1) is 16.5. The molecule has 136 valence electrons. The van der Waals surface area contributed by atoms with Crippen LogP contribution in [0.2, 0.25) is 0 Å². The van der Waals surface area contributed by atoms with Gasteiger partial charge in [0.1, 0.15) is 5.69 Å². The summed E-state index contributed by atoms with van der Waals surface area (Å²) in [5, 5.41) is 6.61. The average molecular weight is 365 g/mol. The fourth-order valence-electron chi connectivity index (χ4n) is 3.85. The highest BCUT2D eigenvalue weighted by atomic mass is 16.1.